The van der Waals surface area contributed by atoms with Gasteiger partial charge in [0, 0.05) is 24.2 Å². The molecule has 0 unspecified atom stereocenters. The van der Waals surface area contributed by atoms with Crippen molar-refractivity contribution in [3.05, 3.63) is 59.9 Å². The van der Waals surface area contributed by atoms with Gasteiger partial charge in [-0.05, 0) is 59.5 Å². The van der Waals surface area contributed by atoms with Crippen LogP contribution in [-0.4, -0.2) is 38.6 Å². The van der Waals surface area contributed by atoms with Crippen molar-refractivity contribution in [2.45, 2.75) is 33.2 Å². The topological polar surface area (TPSA) is 102 Å². The molecular weight excluding hydrogens is 399 g/mol. The molecule has 0 radical (unpaired) electrons. The highest BCUT2D eigenvalue weighted by molar-refractivity contribution is 5.91. The summed E-state index contributed by atoms with van der Waals surface area (Å²) in [6.07, 6.45) is 1.06. The summed E-state index contributed by atoms with van der Waals surface area (Å²) in [6.45, 7) is 4.35. The van der Waals surface area contributed by atoms with E-state index in [4.69, 9.17) is 0 Å². The lowest BCUT2D eigenvalue weighted by Crippen LogP contribution is -2.30. The molecular formula is C22H25FN6O2. The van der Waals surface area contributed by atoms with Crippen molar-refractivity contribution < 1.29 is 14.0 Å². The second-order valence-electron chi connectivity index (χ2n) is 7.59. The summed E-state index contributed by atoms with van der Waals surface area (Å²) < 4.78 is 12.9. The summed E-state index contributed by atoms with van der Waals surface area (Å²) in [6, 6.07) is 13.3. The minimum Gasteiger partial charge on any atom is -0.354 e. The van der Waals surface area contributed by atoms with Crippen LogP contribution in [0.25, 0.3) is 11.4 Å². The number of carbonyl (C=O) groups excluding carboxylic acids is 2. The molecule has 8 nitrogen and oxygen atoms in total. The largest absolute Gasteiger partial charge is 0.354 e. The third kappa shape index (κ3) is 6.98. The van der Waals surface area contributed by atoms with Crippen LogP contribution in [0.4, 0.5) is 10.1 Å². The van der Waals surface area contributed by atoms with Crippen LogP contribution in [-0.2, 0) is 22.6 Å². The van der Waals surface area contributed by atoms with Gasteiger partial charge in [0.05, 0.1) is 0 Å². The van der Waals surface area contributed by atoms with Crippen LogP contribution in [0.5, 0.6) is 0 Å². The molecule has 3 rings (SSSR count). The van der Waals surface area contributed by atoms with Crippen molar-refractivity contribution >= 4 is 17.5 Å². The first-order valence-electron chi connectivity index (χ1n) is 10.1. The zero-order valence-electron chi connectivity index (χ0n) is 17.5. The SMILES string of the molecule is CC(C)CC(=O)Nc1ccc(-c2nnn(CC(=O)NCCc3ccc(F)cc3)n2)cc1. The van der Waals surface area contributed by atoms with Crippen LogP contribution < -0.4 is 10.6 Å². The van der Waals surface area contributed by atoms with Gasteiger partial charge in [-0.25, -0.2) is 4.39 Å². The number of rotatable bonds is 9. The van der Waals surface area contributed by atoms with Crippen molar-refractivity contribution in [3.8, 4) is 11.4 Å². The van der Waals surface area contributed by atoms with Crippen LogP contribution in [0.2, 0.25) is 0 Å². The monoisotopic (exact) mass is 424 g/mol. The molecule has 2 N–H and O–H groups in total. The number of anilines is 1. The lowest BCUT2D eigenvalue weighted by molar-refractivity contribution is -0.122. The zero-order chi connectivity index (χ0) is 22.2. The molecule has 2 amide bonds. The second kappa shape index (κ2) is 10.4. The fraction of sp³-hybridized carbons (Fsp3) is 0.318. The highest BCUT2D eigenvalue weighted by Gasteiger charge is 2.10. The second-order valence-corrected chi connectivity index (χ2v) is 7.59. The Bertz CT molecular complexity index is 1020. The maximum atomic E-state index is 12.9. The Kier molecular flexibility index (Phi) is 7.42. The number of amides is 2. The molecule has 3 aromatic rings. The molecule has 0 aliphatic carbocycles. The maximum absolute atomic E-state index is 12.9. The fourth-order valence-electron chi connectivity index (χ4n) is 2.89. The first-order chi connectivity index (χ1) is 14.9. The van der Waals surface area contributed by atoms with E-state index in [0.29, 0.717) is 36.8 Å². The van der Waals surface area contributed by atoms with Gasteiger partial charge in [-0.2, -0.15) is 4.80 Å². The van der Waals surface area contributed by atoms with Gasteiger partial charge in [0.25, 0.3) is 0 Å². The predicted octanol–water partition coefficient (Wildman–Crippen LogP) is 2.82. The average molecular weight is 424 g/mol. The molecule has 0 atom stereocenters. The van der Waals surface area contributed by atoms with Crippen LogP contribution in [0.1, 0.15) is 25.8 Å². The fourth-order valence-corrected chi connectivity index (χ4v) is 2.89. The maximum Gasteiger partial charge on any atom is 0.243 e. The first kappa shape index (κ1) is 22.1. The molecule has 162 valence electrons. The summed E-state index contributed by atoms with van der Waals surface area (Å²) in [5, 5.41) is 17.8. The van der Waals surface area contributed by atoms with Gasteiger partial charge >= 0.3 is 0 Å². The highest BCUT2D eigenvalue weighted by Crippen LogP contribution is 2.17. The van der Waals surface area contributed by atoms with Gasteiger partial charge < -0.3 is 10.6 Å². The van der Waals surface area contributed by atoms with Crippen LogP contribution in [0, 0.1) is 11.7 Å². The van der Waals surface area contributed by atoms with E-state index < -0.39 is 0 Å². The van der Waals surface area contributed by atoms with Crippen LogP contribution in [0.3, 0.4) is 0 Å². The van der Waals surface area contributed by atoms with Crippen molar-refractivity contribution in [1.82, 2.24) is 25.5 Å². The minimum absolute atomic E-state index is 0.0303. The Hall–Kier alpha value is -3.62. The quantitative estimate of drug-likeness (QED) is 0.550. The molecule has 31 heavy (non-hydrogen) atoms. The Labute approximate surface area is 179 Å². The number of hydrogen-bond donors (Lipinski definition) is 2. The van der Waals surface area contributed by atoms with E-state index in [2.05, 4.69) is 26.0 Å². The number of tetrazole rings is 1. The Balaban J connectivity index is 1.48. The molecule has 0 bridgehead atoms. The van der Waals surface area contributed by atoms with Gasteiger partial charge in [-0.3, -0.25) is 9.59 Å². The Morgan fingerprint density at radius 1 is 1.03 bits per heavy atom. The van der Waals surface area contributed by atoms with E-state index in [1.54, 1.807) is 36.4 Å². The van der Waals surface area contributed by atoms with Crippen molar-refractivity contribution in [2.24, 2.45) is 5.92 Å². The van der Waals surface area contributed by atoms with Gasteiger partial charge in [0.15, 0.2) is 0 Å². The number of benzene rings is 2. The van der Waals surface area contributed by atoms with Crippen LogP contribution in [0.15, 0.2) is 48.5 Å². The molecule has 0 aliphatic rings. The highest BCUT2D eigenvalue weighted by atomic mass is 19.1. The van der Waals surface area contributed by atoms with E-state index in [1.165, 1.54) is 16.9 Å². The predicted molar refractivity (Wildman–Crippen MR) is 114 cm³/mol. The van der Waals surface area contributed by atoms with E-state index >= 15 is 0 Å². The standard InChI is InChI=1S/C22H25FN6O2/c1-15(2)13-20(30)25-19-9-5-17(6-10-19)22-26-28-29(27-22)14-21(31)24-12-11-16-3-7-18(23)8-4-16/h3-10,15H,11-14H2,1-2H3,(H,24,31)(H,25,30). The number of nitrogens with zero attached hydrogens (tertiary/aromatic N) is 4. The molecule has 0 saturated carbocycles. The van der Waals surface area contributed by atoms with E-state index in [-0.39, 0.29) is 24.2 Å². The van der Waals surface area contributed by atoms with Gasteiger partial charge in [0.2, 0.25) is 17.6 Å². The van der Waals surface area contributed by atoms with Crippen molar-refractivity contribution in [1.29, 1.82) is 0 Å². The molecule has 0 saturated heterocycles. The normalized spacial score (nSPS) is 10.8. The van der Waals surface area contributed by atoms with Crippen molar-refractivity contribution in [3.63, 3.8) is 0 Å². The minimum atomic E-state index is -0.286. The number of nitrogens with one attached hydrogen (secondary N) is 2. The lowest BCUT2D eigenvalue weighted by Gasteiger charge is -2.07. The van der Waals surface area contributed by atoms with Crippen molar-refractivity contribution in [2.75, 3.05) is 11.9 Å². The number of aromatic nitrogens is 4. The summed E-state index contributed by atoms with van der Waals surface area (Å²) in [5.74, 6) is 0.121. The molecule has 1 heterocycles. The first-order valence-corrected chi connectivity index (χ1v) is 10.1. The van der Waals surface area contributed by atoms with Crippen LogP contribution >= 0.6 is 0 Å². The molecule has 0 fully saturated rings. The van der Waals surface area contributed by atoms with E-state index in [1.807, 2.05) is 13.8 Å². The van der Waals surface area contributed by atoms with Gasteiger partial charge in [0.1, 0.15) is 12.4 Å². The summed E-state index contributed by atoms with van der Waals surface area (Å²) in [5.41, 5.74) is 2.36. The number of halogens is 1. The molecule has 2 aromatic carbocycles. The Morgan fingerprint density at radius 2 is 1.74 bits per heavy atom. The summed E-state index contributed by atoms with van der Waals surface area (Å²) in [4.78, 5) is 25.2. The number of hydrogen-bond acceptors (Lipinski definition) is 5. The van der Waals surface area contributed by atoms with E-state index in [0.717, 1.165) is 11.1 Å². The van der Waals surface area contributed by atoms with E-state index in [9.17, 15) is 14.0 Å². The molecule has 0 aliphatic heterocycles. The third-order valence-corrected chi connectivity index (χ3v) is 4.41. The summed E-state index contributed by atoms with van der Waals surface area (Å²) in [7, 11) is 0. The lowest BCUT2D eigenvalue weighted by atomic mass is 10.1. The summed E-state index contributed by atoms with van der Waals surface area (Å²) >= 11 is 0. The Morgan fingerprint density at radius 3 is 2.42 bits per heavy atom. The smallest absolute Gasteiger partial charge is 0.243 e. The molecule has 0 spiro atoms. The average Bonchev–Trinajstić information content (AvgIpc) is 3.18. The zero-order valence-corrected chi connectivity index (χ0v) is 17.5. The van der Waals surface area contributed by atoms with Gasteiger partial charge in [-0.1, -0.05) is 26.0 Å². The third-order valence-electron chi connectivity index (χ3n) is 4.41. The van der Waals surface area contributed by atoms with Gasteiger partial charge in [-0.15, -0.1) is 10.2 Å². The number of carbonyl (C=O) groups is 2. The molecule has 1 aromatic heterocycles. The molecule has 9 heteroatoms.